The molecule has 1 atom stereocenters. The Balaban J connectivity index is 0.00000169. The first kappa shape index (κ1) is 12.9. The molecule has 78 valence electrons. The van der Waals surface area contributed by atoms with Crippen molar-refractivity contribution in [2.75, 3.05) is 0 Å². The van der Waals surface area contributed by atoms with Crippen LogP contribution >= 0.6 is 12.4 Å². The van der Waals surface area contributed by atoms with E-state index in [4.69, 9.17) is 10.8 Å². The number of nitrogens with two attached hydrogens (primary N) is 1. The summed E-state index contributed by atoms with van der Waals surface area (Å²) in [4.78, 5) is 10.4. The molecule has 0 saturated heterocycles. The second-order valence-electron chi connectivity index (χ2n) is 2.84. The monoisotopic (exact) mass is 219 g/mol. The third-order valence-electron chi connectivity index (χ3n) is 1.76. The fourth-order valence-corrected chi connectivity index (χ4v) is 1.02. The molecule has 3 N–H and O–H groups in total. The maximum Gasteiger partial charge on any atom is 0.325 e. The van der Waals surface area contributed by atoms with Crippen molar-refractivity contribution in [3.63, 3.8) is 0 Å². The molecule has 1 aromatic carbocycles. The molecule has 0 fully saturated rings. The highest BCUT2D eigenvalue weighted by molar-refractivity contribution is 5.85. The Morgan fingerprint density at radius 2 is 2.14 bits per heavy atom. The van der Waals surface area contributed by atoms with Gasteiger partial charge >= 0.3 is 5.97 Å². The minimum absolute atomic E-state index is 0. The van der Waals surface area contributed by atoms with Crippen LogP contribution in [0.25, 0.3) is 0 Å². The number of carbonyl (C=O) groups is 1. The van der Waals surface area contributed by atoms with Gasteiger partial charge in [0.05, 0.1) is 0 Å². The zero-order valence-electron chi connectivity index (χ0n) is 7.53. The average molecular weight is 220 g/mol. The normalized spacial score (nSPS) is 11.6. The second-order valence-corrected chi connectivity index (χ2v) is 2.84. The lowest BCUT2D eigenvalue weighted by atomic mass is 10.1. The molecule has 0 amide bonds. The molecule has 1 aromatic rings. The van der Waals surface area contributed by atoms with Crippen LogP contribution in [-0.2, 0) is 4.79 Å². The zero-order valence-corrected chi connectivity index (χ0v) is 8.34. The maximum atomic E-state index is 13.1. The van der Waals surface area contributed by atoms with E-state index >= 15 is 0 Å². The second kappa shape index (κ2) is 4.93. The number of aryl methyl sites for hydroxylation is 1. The smallest absolute Gasteiger partial charge is 0.325 e. The molecule has 0 bridgehead atoms. The Bertz CT molecular complexity index is 344. The molecule has 0 radical (unpaired) electrons. The SMILES string of the molecule is Cc1ccc(C(N)C(=O)O)c(F)c1.Cl. The largest absolute Gasteiger partial charge is 0.480 e. The maximum absolute atomic E-state index is 13.1. The van der Waals surface area contributed by atoms with Gasteiger partial charge in [0.25, 0.3) is 0 Å². The van der Waals surface area contributed by atoms with Crippen LogP contribution in [0.2, 0.25) is 0 Å². The van der Waals surface area contributed by atoms with Gasteiger partial charge in [-0.25, -0.2) is 4.39 Å². The molecule has 0 aliphatic heterocycles. The van der Waals surface area contributed by atoms with Crippen LogP contribution in [0.3, 0.4) is 0 Å². The first-order valence-corrected chi connectivity index (χ1v) is 3.77. The quantitative estimate of drug-likeness (QED) is 0.795. The fourth-order valence-electron chi connectivity index (χ4n) is 1.02. The van der Waals surface area contributed by atoms with E-state index in [0.29, 0.717) is 0 Å². The Hall–Kier alpha value is -1.13. The lowest BCUT2D eigenvalue weighted by molar-refractivity contribution is -0.138. The highest BCUT2D eigenvalue weighted by Crippen LogP contribution is 2.16. The first-order valence-electron chi connectivity index (χ1n) is 3.77. The Morgan fingerprint density at radius 1 is 1.57 bits per heavy atom. The van der Waals surface area contributed by atoms with Crippen LogP contribution in [0.4, 0.5) is 4.39 Å². The van der Waals surface area contributed by atoms with Gasteiger partial charge in [-0.15, -0.1) is 12.4 Å². The van der Waals surface area contributed by atoms with Crippen LogP contribution in [0.15, 0.2) is 18.2 Å². The topological polar surface area (TPSA) is 63.3 Å². The van der Waals surface area contributed by atoms with E-state index in [2.05, 4.69) is 0 Å². The molecule has 0 heterocycles. The molecule has 0 saturated carbocycles. The van der Waals surface area contributed by atoms with Crippen molar-refractivity contribution in [2.45, 2.75) is 13.0 Å². The summed E-state index contributed by atoms with van der Waals surface area (Å²) in [5, 5.41) is 8.54. The molecular formula is C9H11ClFNO2. The van der Waals surface area contributed by atoms with Gasteiger partial charge in [-0.05, 0) is 18.6 Å². The molecule has 3 nitrogen and oxygen atoms in total. The molecule has 14 heavy (non-hydrogen) atoms. The number of hydrogen-bond donors (Lipinski definition) is 2. The molecule has 0 aliphatic rings. The van der Waals surface area contributed by atoms with Crippen molar-refractivity contribution >= 4 is 18.4 Å². The summed E-state index contributed by atoms with van der Waals surface area (Å²) in [5.41, 5.74) is 6.00. The highest BCUT2D eigenvalue weighted by atomic mass is 35.5. The number of benzene rings is 1. The standard InChI is InChI=1S/C9H10FNO2.ClH/c1-5-2-3-6(7(10)4-5)8(11)9(12)13;/h2-4,8H,11H2,1H3,(H,12,13);1H. The Morgan fingerprint density at radius 3 is 2.57 bits per heavy atom. The van der Waals surface area contributed by atoms with E-state index in [9.17, 15) is 9.18 Å². The number of aliphatic carboxylic acids is 1. The van der Waals surface area contributed by atoms with Crippen molar-refractivity contribution in [1.29, 1.82) is 0 Å². The Labute approximate surface area is 87.1 Å². The van der Waals surface area contributed by atoms with Crippen molar-refractivity contribution in [2.24, 2.45) is 5.73 Å². The summed E-state index contributed by atoms with van der Waals surface area (Å²) in [6.07, 6.45) is 0. The molecule has 5 heteroatoms. The summed E-state index contributed by atoms with van der Waals surface area (Å²) in [7, 11) is 0. The van der Waals surface area contributed by atoms with Gasteiger partial charge in [-0.1, -0.05) is 12.1 Å². The third kappa shape index (κ3) is 2.68. The summed E-state index contributed by atoms with van der Waals surface area (Å²) in [5.74, 6) is -1.81. The van der Waals surface area contributed by atoms with Gasteiger partial charge in [0.1, 0.15) is 11.9 Å². The number of carboxylic acids is 1. The minimum atomic E-state index is -1.29. The van der Waals surface area contributed by atoms with Crippen molar-refractivity contribution in [3.05, 3.63) is 35.1 Å². The first-order chi connectivity index (χ1) is 6.02. The van der Waals surface area contributed by atoms with Crippen LogP contribution < -0.4 is 5.73 Å². The lowest BCUT2D eigenvalue weighted by Gasteiger charge is -2.07. The van der Waals surface area contributed by atoms with Gasteiger partial charge in [-0.3, -0.25) is 4.79 Å². The number of halogens is 2. The van der Waals surface area contributed by atoms with Gasteiger partial charge in [0.15, 0.2) is 0 Å². The van der Waals surface area contributed by atoms with Gasteiger partial charge in [0.2, 0.25) is 0 Å². The predicted molar refractivity (Wildman–Crippen MR) is 52.9 cm³/mol. The summed E-state index contributed by atoms with van der Waals surface area (Å²) < 4.78 is 13.1. The van der Waals surface area contributed by atoms with E-state index in [-0.39, 0.29) is 18.0 Å². The lowest BCUT2D eigenvalue weighted by Crippen LogP contribution is -2.21. The van der Waals surface area contributed by atoms with E-state index in [1.165, 1.54) is 12.1 Å². The molecule has 1 unspecified atom stereocenters. The third-order valence-corrected chi connectivity index (χ3v) is 1.76. The van der Waals surface area contributed by atoms with Crippen molar-refractivity contribution in [1.82, 2.24) is 0 Å². The minimum Gasteiger partial charge on any atom is -0.480 e. The van der Waals surface area contributed by atoms with E-state index < -0.39 is 17.8 Å². The number of rotatable bonds is 2. The van der Waals surface area contributed by atoms with Gasteiger partial charge < -0.3 is 10.8 Å². The Kier molecular flexibility index (Phi) is 4.53. The van der Waals surface area contributed by atoms with E-state index in [1.54, 1.807) is 13.0 Å². The van der Waals surface area contributed by atoms with Crippen molar-refractivity contribution < 1.29 is 14.3 Å². The van der Waals surface area contributed by atoms with Crippen LogP contribution in [0, 0.1) is 12.7 Å². The van der Waals surface area contributed by atoms with Crippen LogP contribution in [0.1, 0.15) is 17.2 Å². The molecule has 1 rings (SSSR count). The van der Waals surface area contributed by atoms with Crippen molar-refractivity contribution in [3.8, 4) is 0 Å². The van der Waals surface area contributed by atoms with Crippen LogP contribution in [0.5, 0.6) is 0 Å². The summed E-state index contributed by atoms with van der Waals surface area (Å²) in [6.45, 7) is 1.72. The molecule has 0 aliphatic carbocycles. The molecule has 0 aromatic heterocycles. The van der Waals surface area contributed by atoms with E-state index in [1.807, 2.05) is 0 Å². The van der Waals surface area contributed by atoms with E-state index in [0.717, 1.165) is 5.56 Å². The number of hydrogen-bond acceptors (Lipinski definition) is 2. The van der Waals surface area contributed by atoms with Gasteiger partial charge in [-0.2, -0.15) is 0 Å². The highest BCUT2D eigenvalue weighted by Gasteiger charge is 2.17. The average Bonchev–Trinajstić information content (AvgIpc) is 2.03. The summed E-state index contributed by atoms with van der Waals surface area (Å²) >= 11 is 0. The molecule has 0 spiro atoms. The zero-order chi connectivity index (χ0) is 10.0. The number of carboxylic acid groups (broad SMARTS) is 1. The van der Waals surface area contributed by atoms with Crippen LogP contribution in [-0.4, -0.2) is 11.1 Å². The predicted octanol–water partition coefficient (Wildman–Crippen LogP) is 1.64. The molecular weight excluding hydrogens is 209 g/mol. The van der Waals surface area contributed by atoms with Gasteiger partial charge in [0, 0.05) is 5.56 Å². The fraction of sp³-hybridized carbons (Fsp3) is 0.222. The summed E-state index contributed by atoms with van der Waals surface area (Å²) in [6, 6.07) is 2.99.